The molecule has 0 atom stereocenters. The van der Waals surface area contributed by atoms with Crippen molar-refractivity contribution < 1.29 is 0 Å². The number of aromatic nitrogens is 3. The molecule has 2 aromatic heterocycles. The summed E-state index contributed by atoms with van der Waals surface area (Å²) in [7, 11) is 1.97. The van der Waals surface area contributed by atoms with Crippen molar-refractivity contribution in [2.75, 3.05) is 17.4 Å². The van der Waals surface area contributed by atoms with E-state index in [1.54, 1.807) is 6.20 Å². The highest BCUT2D eigenvalue weighted by Gasteiger charge is 2.09. The summed E-state index contributed by atoms with van der Waals surface area (Å²) in [6.45, 7) is 4.63. The Kier molecular flexibility index (Phi) is 3.91. The summed E-state index contributed by atoms with van der Waals surface area (Å²) in [5.41, 5.74) is 5.46. The second-order valence-corrected chi connectivity index (χ2v) is 4.47. The van der Waals surface area contributed by atoms with Crippen LogP contribution in [0.3, 0.4) is 0 Å². The van der Waals surface area contributed by atoms with Crippen LogP contribution in [0, 0.1) is 13.8 Å². The minimum absolute atomic E-state index is 0.407. The van der Waals surface area contributed by atoms with Gasteiger partial charge in [-0.05, 0) is 26.0 Å². The van der Waals surface area contributed by atoms with E-state index in [1.807, 2.05) is 44.0 Å². The van der Waals surface area contributed by atoms with Gasteiger partial charge in [0.1, 0.15) is 5.82 Å². The monoisotopic (exact) mass is 258 g/mol. The first-order valence-electron chi connectivity index (χ1n) is 6.04. The number of pyridine rings is 1. The predicted molar refractivity (Wildman–Crippen MR) is 75.7 cm³/mol. The lowest BCUT2D eigenvalue weighted by atomic mass is 10.2. The van der Waals surface area contributed by atoms with Crippen LogP contribution in [0.2, 0.25) is 0 Å². The normalized spacial score (nSPS) is 10.3. The van der Waals surface area contributed by atoms with Gasteiger partial charge in [0.25, 0.3) is 0 Å². The molecule has 0 aliphatic carbocycles. The summed E-state index contributed by atoms with van der Waals surface area (Å²) in [5.74, 6) is 6.58. The van der Waals surface area contributed by atoms with Crippen molar-refractivity contribution in [3.8, 4) is 0 Å². The number of hydrogen-bond donors (Lipinski definition) is 2. The second-order valence-electron chi connectivity index (χ2n) is 4.47. The Morgan fingerprint density at radius 1 is 1.26 bits per heavy atom. The third kappa shape index (κ3) is 3.17. The zero-order chi connectivity index (χ0) is 13.8. The molecule has 3 N–H and O–H groups in total. The maximum absolute atomic E-state index is 5.34. The van der Waals surface area contributed by atoms with Crippen LogP contribution in [0.4, 0.5) is 11.8 Å². The average Bonchev–Trinajstić information content (AvgIpc) is 2.39. The van der Waals surface area contributed by atoms with E-state index in [2.05, 4.69) is 20.4 Å². The van der Waals surface area contributed by atoms with Crippen LogP contribution in [0.25, 0.3) is 0 Å². The fourth-order valence-corrected chi connectivity index (χ4v) is 1.89. The van der Waals surface area contributed by atoms with Crippen LogP contribution in [0.5, 0.6) is 0 Å². The Bertz CT molecular complexity index is 569. The Morgan fingerprint density at radius 3 is 2.74 bits per heavy atom. The maximum Gasteiger partial charge on any atom is 0.239 e. The lowest BCUT2D eigenvalue weighted by Crippen LogP contribution is -2.21. The molecule has 0 saturated carbocycles. The van der Waals surface area contributed by atoms with E-state index in [4.69, 9.17) is 5.84 Å². The van der Waals surface area contributed by atoms with Gasteiger partial charge in [0.15, 0.2) is 0 Å². The highest BCUT2D eigenvalue weighted by atomic mass is 15.3. The molecule has 6 nitrogen and oxygen atoms in total. The first kappa shape index (κ1) is 13.2. The van der Waals surface area contributed by atoms with Crippen molar-refractivity contribution in [2.24, 2.45) is 5.84 Å². The van der Waals surface area contributed by atoms with E-state index in [0.717, 1.165) is 22.8 Å². The number of hydrazine groups is 1. The van der Waals surface area contributed by atoms with Gasteiger partial charge in [-0.15, -0.1) is 0 Å². The fourth-order valence-electron chi connectivity index (χ4n) is 1.89. The molecule has 0 aliphatic rings. The molecule has 2 aromatic rings. The molecule has 2 heterocycles. The molecule has 0 unspecified atom stereocenters. The highest BCUT2D eigenvalue weighted by molar-refractivity contribution is 5.48. The molecule has 0 aliphatic heterocycles. The Balaban J connectivity index is 2.22. The summed E-state index contributed by atoms with van der Waals surface area (Å²) in [6, 6.07) is 5.99. The SMILES string of the molecule is Cc1cccc(CN(C)c2nc(NN)ncc2C)n1. The topological polar surface area (TPSA) is 80.0 Å². The summed E-state index contributed by atoms with van der Waals surface area (Å²) in [5, 5.41) is 0. The van der Waals surface area contributed by atoms with Crippen LogP contribution in [0.15, 0.2) is 24.4 Å². The number of hydrogen-bond acceptors (Lipinski definition) is 6. The number of nitrogens with zero attached hydrogens (tertiary/aromatic N) is 4. The summed E-state index contributed by atoms with van der Waals surface area (Å²) in [4.78, 5) is 14.9. The third-order valence-corrected chi connectivity index (χ3v) is 2.78. The summed E-state index contributed by atoms with van der Waals surface area (Å²) in [6.07, 6.45) is 1.75. The number of nitrogens with two attached hydrogens (primary N) is 1. The number of aryl methyl sites for hydroxylation is 2. The molecule has 19 heavy (non-hydrogen) atoms. The highest BCUT2D eigenvalue weighted by Crippen LogP contribution is 2.18. The number of nitrogen functional groups attached to an aromatic ring is 1. The number of anilines is 2. The minimum atomic E-state index is 0.407. The second kappa shape index (κ2) is 5.62. The van der Waals surface area contributed by atoms with Gasteiger partial charge >= 0.3 is 0 Å². The van der Waals surface area contributed by atoms with E-state index >= 15 is 0 Å². The first-order valence-corrected chi connectivity index (χ1v) is 6.04. The summed E-state index contributed by atoms with van der Waals surface area (Å²) >= 11 is 0. The van der Waals surface area contributed by atoms with E-state index in [1.165, 1.54) is 0 Å². The van der Waals surface area contributed by atoms with Crippen molar-refractivity contribution in [1.82, 2.24) is 15.0 Å². The van der Waals surface area contributed by atoms with Gasteiger partial charge in [-0.2, -0.15) is 4.98 Å². The zero-order valence-electron chi connectivity index (χ0n) is 11.4. The molecule has 0 amide bonds. The Labute approximate surface area is 112 Å². The molecule has 0 radical (unpaired) electrons. The van der Waals surface area contributed by atoms with E-state index in [9.17, 15) is 0 Å². The van der Waals surface area contributed by atoms with E-state index in [-0.39, 0.29) is 0 Å². The summed E-state index contributed by atoms with van der Waals surface area (Å²) < 4.78 is 0. The van der Waals surface area contributed by atoms with Crippen LogP contribution in [-0.2, 0) is 6.54 Å². The molecule has 0 saturated heterocycles. The van der Waals surface area contributed by atoms with Gasteiger partial charge in [0.05, 0.1) is 12.2 Å². The Hall–Kier alpha value is -2.21. The third-order valence-electron chi connectivity index (χ3n) is 2.78. The van der Waals surface area contributed by atoms with Crippen LogP contribution >= 0.6 is 0 Å². The van der Waals surface area contributed by atoms with Gasteiger partial charge in [-0.3, -0.25) is 10.4 Å². The van der Waals surface area contributed by atoms with Crippen molar-refractivity contribution in [1.29, 1.82) is 0 Å². The van der Waals surface area contributed by atoms with Crippen molar-refractivity contribution in [3.63, 3.8) is 0 Å². The van der Waals surface area contributed by atoms with Gasteiger partial charge in [0, 0.05) is 24.5 Å². The first-order chi connectivity index (χ1) is 9.10. The van der Waals surface area contributed by atoms with Crippen molar-refractivity contribution in [2.45, 2.75) is 20.4 Å². The van der Waals surface area contributed by atoms with Gasteiger partial charge in [0.2, 0.25) is 5.95 Å². The van der Waals surface area contributed by atoms with Gasteiger partial charge in [-0.1, -0.05) is 6.07 Å². The molecular formula is C13H18N6. The molecule has 2 rings (SSSR count). The van der Waals surface area contributed by atoms with Crippen LogP contribution < -0.4 is 16.2 Å². The lowest BCUT2D eigenvalue weighted by molar-refractivity contribution is 0.849. The van der Waals surface area contributed by atoms with E-state index < -0.39 is 0 Å². The average molecular weight is 258 g/mol. The smallest absolute Gasteiger partial charge is 0.239 e. The van der Waals surface area contributed by atoms with Gasteiger partial charge in [-0.25, -0.2) is 10.8 Å². The molecule has 0 aromatic carbocycles. The molecule has 0 fully saturated rings. The van der Waals surface area contributed by atoms with Crippen molar-refractivity contribution >= 4 is 11.8 Å². The largest absolute Gasteiger partial charge is 0.353 e. The van der Waals surface area contributed by atoms with Crippen LogP contribution in [-0.4, -0.2) is 22.0 Å². The van der Waals surface area contributed by atoms with E-state index in [0.29, 0.717) is 12.5 Å². The molecule has 0 spiro atoms. The van der Waals surface area contributed by atoms with Gasteiger partial charge < -0.3 is 4.90 Å². The quantitative estimate of drug-likeness (QED) is 0.637. The predicted octanol–water partition coefficient (Wildman–Crippen LogP) is 1.41. The number of rotatable bonds is 4. The fraction of sp³-hybridized carbons (Fsp3) is 0.308. The molecule has 6 heteroatoms. The Morgan fingerprint density at radius 2 is 2.05 bits per heavy atom. The standard InChI is InChI=1S/C13H18N6/c1-9-7-15-13(18-14)17-12(9)19(3)8-11-6-4-5-10(2)16-11/h4-7H,8,14H2,1-3H3,(H,15,17,18). The molecule has 0 bridgehead atoms. The van der Waals surface area contributed by atoms with Crippen LogP contribution in [0.1, 0.15) is 17.0 Å². The minimum Gasteiger partial charge on any atom is -0.353 e. The van der Waals surface area contributed by atoms with Crippen molar-refractivity contribution in [3.05, 3.63) is 41.3 Å². The lowest BCUT2D eigenvalue weighted by Gasteiger charge is -2.20. The number of nitrogens with one attached hydrogen (secondary N) is 1. The molecular weight excluding hydrogens is 240 g/mol. The zero-order valence-corrected chi connectivity index (χ0v) is 11.4. The maximum atomic E-state index is 5.34. The molecule has 100 valence electrons.